The molecule has 1 aromatic carbocycles. The van der Waals surface area contributed by atoms with E-state index in [0.29, 0.717) is 0 Å². The highest BCUT2D eigenvalue weighted by atomic mass is 32.2. The molecule has 0 radical (unpaired) electrons. The van der Waals surface area contributed by atoms with Crippen LogP contribution >= 0.6 is 11.8 Å². The summed E-state index contributed by atoms with van der Waals surface area (Å²) in [6, 6.07) is 5.88. The molecule has 0 bridgehead atoms. The Kier molecular flexibility index (Phi) is 2.94. The van der Waals surface area contributed by atoms with E-state index < -0.39 is 0 Å². The van der Waals surface area contributed by atoms with Gasteiger partial charge in [0.15, 0.2) is 5.17 Å². The fourth-order valence-corrected chi connectivity index (χ4v) is 3.86. The number of rotatable bonds is 3. The van der Waals surface area contributed by atoms with Crippen molar-refractivity contribution in [2.45, 2.75) is 0 Å². The summed E-state index contributed by atoms with van der Waals surface area (Å²) in [5.74, 6) is 0.774. The number of ether oxygens (including phenoxy) is 1. The minimum Gasteiger partial charge on any atom is -0.496 e. The van der Waals surface area contributed by atoms with Gasteiger partial charge in [-0.3, -0.25) is 4.99 Å². The molecule has 0 saturated heterocycles. The molecule has 0 atom stereocenters. The van der Waals surface area contributed by atoms with Crippen molar-refractivity contribution in [3.63, 3.8) is 0 Å². The third-order valence-electron chi connectivity index (χ3n) is 3.72. The van der Waals surface area contributed by atoms with Gasteiger partial charge in [0.25, 0.3) is 0 Å². The first-order chi connectivity index (χ1) is 10.3. The molecule has 6 heteroatoms. The monoisotopic (exact) mass is 302 g/mol. The van der Waals surface area contributed by atoms with Crippen molar-refractivity contribution in [3.8, 4) is 5.75 Å². The van der Waals surface area contributed by atoms with Crippen molar-refractivity contribution >= 4 is 33.6 Å². The van der Waals surface area contributed by atoms with E-state index in [2.05, 4.69) is 9.89 Å². The summed E-state index contributed by atoms with van der Waals surface area (Å²) in [7, 11) is 1.65. The van der Waals surface area contributed by atoms with Gasteiger partial charge in [-0.15, -0.1) is 0 Å². The van der Waals surface area contributed by atoms with E-state index in [0.717, 1.165) is 51.1 Å². The number of hydrogen-bond acceptors (Lipinski definition) is 6. The number of benzene rings is 1. The quantitative estimate of drug-likeness (QED) is 0.944. The van der Waals surface area contributed by atoms with Crippen LogP contribution in [0.3, 0.4) is 0 Å². The zero-order valence-corrected chi connectivity index (χ0v) is 12.3. The number of nitrogens with zero attached hydrogens (tertiary/aromatic N) is 2. The highest BCUT2D eigenvalue weighted by Gasteiger charge is 2.33. The number of amidine groups is 1. The van der Waals surface area contributed by atoms with E-state index in [-0.39, 0.29) is 6.61 Å². The van der Waals surface area contributed by atoms with Crippen LogP contribution in [0.4, 0.5) is 0 Å². The van der Waals surface area contributed by atoms with Crippen molar-refractivity contribution in [2.24, 2.45) is 4.99 Å². The number of aliphatic hydroxyl groups excluding tert-OH is 1. The van der Waals surface area contributed by atoms with Crippen molar-refractivity contribution < 1.29 is 14.3 Å². The maximum absolute atomic E-state index is 9.64. The van der Waals surface area contributed by atoms with Crippen LogP contribution in [0.1, 0.15) is 5.56 Å². The molecule has 0 fully saturated rings. The van der Waals surface area contributed by atoms with Gasteiger partial charge in [-0.1, -0.05) is 11.8 Å². The molecular weight excluding hydrogens is 288 g/mol. The van der Waals surface area contributed by atoms with Crippen molar-refractivity contribution in [1.29, 1.82) is 0 Å². The van der Waals surface area contributed by atoms with Gasteiger partial charge in [-0.25, -0.2) is 0 Å². The molecule has 3 heterocycles. The summed E-state index contributed by atoms with van der Waals surface area (Å²) in [4.78, 5) is 7.54. The first kappa shape index (κ1) is 12.8. The second-order valence-corrected chi connectivity index (χ2v) is 5.92. The van der Waals surface area contributed by atoms with Crippen LogP contribution in [-0.2, 0) is 0 Å². The van der Waals surface area contributed by atoms with Crippen LogP contribution in [0.2, 0.25) is 0 Å². The van der Waals surface area contributed by atoms with Gasteiger partial charge >= 0.3 is 0 Å². The lowest BCUT2D eigenvalue weighted by Gasteiger charge is -2.18. The van der Waals surface area contributed by atoms with Gasteiger partial charge in [-0.05, 0) is 18.2 Å². The van der Waals surface area contributed by atoms with Gasteiger partial charge in [0.05, 0.1) is 37.6 Å². The number of fused-ring (bicyclic) bond motifs is 2. The van der Waals surface area contributed by atoms with Gasteiger partial charge in [-0.2, -0.15) is 0 Å². The minimum absolute atomic E-state index is 0.00796. The largest absolute Gasteiger partial charge is 0.496 e. The van der Waals surface area contributed by atoms with Crippen LogP contribution in [0.5, 0.6) is 5.75 Å². The molecule has 0 aliphatic carbocycles. The lowest BCUT2D eigenvalue weighted by Crippen LogP contribution is -2.20. The van der Waals surface area contributed by atoms with Gasteiger partial charge in [0, 0.05) is 17.0 Å². The van der Waals surface area contributed by atoms with Gasteiger partial charge in [0.1, 0.15) is 11.3 Å². The standard InChI is InChI=1S/C15H14N2O3S/c1-19-11-6-9(7-12-10(11)2-5-20-12)14-13(8-18)21-15-16-3-4-17(14)15/h2,5-7,18H,3-4,8H2,1H3. The molecule has 5 nitrogen and oxygen atoms in total. The first-order valence-electron chi connectivity index (χ1n) is 6.71. The molecule has 2 aromatic rings. The molecule has 4 rings (SSSR count). The number of methoxy groups -OCH3 is 1. The topological polar surface area (TPSA) is 58.2 Å². The Labute approximate surface area is 125 Å². The predicted molar refractivity (Wildman–Crippen MR) is 83.4 cm³/mol. The summed E-state index contributed by atoms with van der Waals surface area (Å²) in [6.07, 6.45) is 1.66. The van der Waals surface area contributed by atoms with E-state index >= 15 is 0 Å². The van der Waals surface area contributed by atoms with Crippen LogP contribution in [0, 0.1) is 0 Å². The smallest absolute Gasteiger partial charge is 0.168 e. The first-order valence-corrected chi connectivity index (χ1v) is 7.53. The second kappa shape index (κ2) is 4.82. The Bertz CT molecular complexity index is 778. The zero-order chi connectivity index (χ0) is 14.4. The zero-order valence-electron chi connectivity index (χ0n) is 11.5. The van der Waals surface area contributed by atoms with Crippen LogP contribution in [0.25, 0.3) is 16.7 Å². The Morgan fingerprint density at radius 2 is 2.38 bits per heavy atom. The lowest BCUT2D eigenvalue weighted by molar-refractivity contribution is 0.339. The van der Waals surface area contributed by atoms with Crippen LogP contribution in [0.15, 0.2) is 38.8 Å². The SMILES string of the molecule is COc1cc(C2=C(CO)SC3=NCCN32)cc2occc12. The van der Waals surface area contributed by atoms with Crippen LogP contribution < -0.4 is 4.74 Å². The van der Waals surface area contributed by atoms with Gasteiger partial charge < -0.3 is 19.2 Å². The minimum atomic E-state index is 0.00796. The number of aliphatic hydroxyl groups is 1. The Morgan fingerprint density at radius 3 is 3.19 bits per heavy atom. The summed E-state index contributed by atoms with van der Waals surface area (Å²) in [5.41, 5.74) is 2.78. The van der Waals surface area contributed by atoms with E-state index in [1.54, 1.807) is 13.4 Å². The average molecular weight is 302 g/mol. The summed E-state index contributed by atoms with van der Waals surface area (Å²) < 4.78 is 11.0. The molecular formula is C15H14N2O3S. The van der Waals surface area contributed by atoms with Gasteiger partial charge in [0.2, 0.25) is 0 Å². The fraction of sp³-hybridized carbons (Fsp3) is 0.267. The van der Waals surface area contributed by atoms with Crippen molar-refractivity contribution in [3.05, 3.63) is 34.9 Å². The Hall–Kier alpha value is -1.92. The van der Waals surface area contributed by atoms with Crippen molar-refractivity contribution in [1.82, 2.24) is 4.90 Å². The fourth-order valence-electron chi connectivity index (χ4n) is 2.80. The number of hydrogen-bond donors (Lipinski definition) is 1. The molecule has 0 saturated carbocycles. The third kappa shape index (κ3) is 1.86. The maximum Gasteiger partial charge on any atom is 0.168 e. The highest BCUT2D eigenvalue weighted by molar-refractivity contribution is 8.17. The van der Waals surface area contributed by atoms with E-state index in [9.17, 15) is 5.11 Å². The lowest BCUT2D eigenvalue weighted by atomic mass is 10.1. The molecule has 108 valence electrons. The third-order valence-corrected chi connectivity index (χ3v) is 4.82. The molecule has 1 aromatic heterocycles. The summed E-state index contributed by atoms with van der Waals surface area (Å²) in [6.45, 7) is 1.65. The number of aliphatic imine (C=N–C) groups is 1. The van der Waals surface area contributed by atoms with Crippen LogP contribution in [-0.4, -0.2) is 42.0 Å². The second-order valence-electron chi connectivity index (χ2n) is 4.86. The predicted octanol–water partition coefficient (Wildman–Crippen LogP) is 2.52. The molecule has 2 aliphatic rings. The maximum atomic E-state index is 9.64. The van der Waals surface area contributed by atoms with E-state index in [1.807, 2.05) is 18.2 Å². The summed E-state index contributed by atoms with van der Waals surface area (Å²) in [5, 5.41) is 11.6. The Balaban J connectivity index is 1.90. The van der Waals surface area contributed by atoms with Crippen molar-refractivity contribution in [2.75, 3.05) is 26.8 Å². The molecule has 21 heavy (non-hydrogen) atoms. The number of thioether (sulfide) groups is 1. The molecule has 0 unspecified atom stereocenters. The van der Waals surface area contributed by atoms with E-state index in [4.69, 9.17) is 9.15 Å². The highest BCUT2D eigenvalue weighted by Crippen LogP contribution is 2.43. The molecule has 0 amide bonds. The molecule has 0 spiro atoms. The molecule has 2 aliphatic heterocycles. The Morgan fingerprint density at radius 1 is 1.48 bits per heavy atom. The normalized spacial score (nSPS) is 17.6. The van der Waals surface area contributed by atoms with E-state index in [1.165, 1.54) is 11.8 Å². The average Bonchev–Trinajstić information content (AvgIpc) is 3.19. The summed E-state index contributed by atoms with van der Waals surface area (Å²) >= 11 is 1.54. The number of furan rings is 1. The molecule has 1 N–H and O–H groups in total.